The highest BCUT2D eigenvalue weighted by molar-refractivity contribution is 6.15. The van der Waals surface area contributed by atoms with E-state index < -0.39 is 23.5 Å². The number of ether oxygens (including phenoxy) is 2. The van der Waals surface area contributed by atoms with E-state index in [0.29, 0.717) is 17.9 Å². The lowest BCUT2D eigenvalue weighted by molar-refractivity contribution is -0.130. The van der Waals surface area contributed by atoms with Crippen LogP contribution in [0.3, 0.4) is 0 Å². The summed E-state index contributed by atoms with van der Waals surface area (Å²) in [6, 6.07) is 9.23. The van der Waals surface area contributed by atoms with E-state index in [9.17, 15) is 14.7 Å². The molecule has 0 radical (unpaired) electrons. The predicted octanol–water partition coefficient (Wildman–Crippen LogP) is 2.27. The highest BCUT2D eigenvalue weighted by atomic mass is 16.5. The van der Waals surface area contributed by atoms with Gasteiger partial charge in [0.2, 0.25) is 5.78 Å². The first-order valence-corrected chi connectivity index (χ1v) is 9.32. The molecular formula is C21H23NO7. The van der Waals surface area contributed by atoms with E-state index in [4.69, 9.17) is 19.0 Å². The van der Waals surface area contributed by atoms with Crippen LogP contribution in [-0.4, -0.2) is 59.8 Å². The van der Waals surface area contributed by atoms with Crippen molar-refractivity contribution in [1.82, 2.24) is 4.90 Å². The lowest BCUT2D eigenvalue weighted by atomic mass is 9.95. The van der Waals surface area contributed by atoms with Crippen LogP contribution >= 0.6 is 0 Å². The number of nitrogens with zero attached hydrogens (tertiary/aromatic N) is 1. The number of hydrogen-bond acceptors (Lipinski definition) is 7. The first kappa shape index (κ1) is 20.6. The molecule has 29 heavy (non-hydrogen) atoms. The molecule has 1 atom stereocenters. The smallest absolute Gasteiger partial charge is 0.290 e. The Morgan fingerprint density at radius 3 is 2.59 bits per heavy atom. The van der Waals surface area contributed by atoms with Gasteiger partial charge in [-0.1, -0.05) is 12.1 Å². The Morgan fingerprint density at radius 1 is 1.21 bits per heavy atom. The van der Waals surface area contributed by atoms with Crippen molar-refractivity contribution in [2.75, 3.05) is 33.0 Å². The zero-order valence-corrected chi connectivity index (χ0v) is 16.0. The van der Waals surface area contributed by atoms with Crippen LogP contribution < -0.4 is 4.74 Å². The van der Waals surface area contributed by atoms with Crippen LogP contribution in [0.5, 0.6) is 5.75 Å². The van der Waals surface area contributed by atoms with Crippen LogP contribution in [0.4, 0.5) is 0 Å². The third-order valence-electron chi connectivity index (χ3n) is 4.51. The van der Waals surface area contributed by atoms with Crippen molar-refractivity contribution in [3.8, 4) is 5.75 Å². The van der Waals surface area contributed by atoms with Gasteiger partial charge >= 0.3 is 0 Å². The number of furan rings is 1. The molecule has 0 bridgehead atoms. The summed E-state index contributed by atoms with van der Waals surface area (Å²) in [6.07, 6.45) is 1.36. The van der Waals surface area contributed by atoms with Gasteiger partial charge in [0.25, 0.3) is 5.91 Å². The summed E-state index contributed by atoms with van der Waals surface area (Å²) in [7, 11) is 0. The van der Waals surface area contributed by atoms with E-state index in [1.165, 1.54) is 17.2 Å². The van der Waals surface area contributed by atoms with Gasteiger partial charge < -0.3 is 29.0 Å². The summed E-state index contributed by atoms with van der Waals surface area (Å²) in [4.78, 5) is 27.0. The minimum atomic E-state index is -0.798. The Labute approximate surface area is 168 Å². The standard InChI is InChI=1S/C21H23NO7/c1-2-28-15-7-5-14(6-8-15)18-17(19(24)16-4-3-11-29-16)20(25)21(26)22(18)9-12-27-13-10-23/h3-8,11,18,23,25H,2,9-10,12-13H2,1H3. The van der Waals surface area contributed by atoms with Crippen LogP contribution in [0.15, 0.2) is 58.4 Å². The minimum absolute atomic E-state index is 0.0358. The average molecular weight is 401 g/mol. The number of hydrogen-bond donors (Lipinski definition) is 2. The molecular weight excluding hydrogens is 378 g/mol. The normalized spacial score (nSPS) is 16.6. The molecule has 1 aliphatic heterocycles. The summed E-state index contributed by atoms with van der Waals surface area (Å²) < 4.78 is 15.9. The molecule has 3 rings (SSSR count). The number of benzene rings is 1. The molecule has 1 unspecified atom stereocenters. The van der Waals surface area contributed by atoms with Crippen LogP contribution in [0, 0.1) is 0 Å². The highest BCUT2D eigenvalue weighted by Crippen LogP contribution is 2.39. The maximum atomic E-state index is 13.0. The predicted molar refractivity (Wildman–Crippen MR) is 103 cm³/mol. The number of amides is 1. The van der Waals surface area contributed by atoms with Crippen molar-refractivity contribution >= 4 is 11.7 Å². The topological polar surface area (TPSA) is 109 Å². The number of ketones is 1. The van der Waals surface area contributed by atoms with Crippen molar-refractivity contribution in [2.24, 2.45) is 0 Å². The molecule has 1 amide bonds. The maximum absolute atomic E-state index is 13.0. The van der Waals surface area contributed by atoms with Gasteiger partial charge in [0.15, 0.2) is 11.5 Å². The van der Waals surface area contributed by atoms with Crippen LogP contribution in [-0.2, 0) is 9.53 Å². The van der Waals surface area contributed by atoms with Gasteiger partial charge in [-0.3, -0.25) is 9.59 Å². The zero-order valence-electron chi connectivity index (χ0n) is 16.0. The van der Waals surface area contributed by atoms with Crippen LogP contribution in [0.1, 0.15) is 29.1 Å². The molecule has 0 fully saturated rings. The molecule has 1 aromatic carbocycles. The highest BCUT2D eigenvalue weighted by Gasteiger charge is 2.44. The van der Waals surface area contributed by atoms with Gasteiger partial charge in [-0.05, 0) is 36.8 Å². The Morgan fingerprint density at radius 2 is 1.97 bits per heavy atom. The van der Waals surface area contributed by atoms with Crippen molar-refractivity contribution in [1.29, 1.82) is 0 Å². The van der Waals surface area contributed by atoms with Gasteiger partial charge in [0.05, 0.1) is 44.3 Å². The Hall–Kier alpha value is -3.10. The van der Waals surface area contributed by atoms with Crippen molar-refractivity contribution in [3.05, 3.63) is 65.3 Å². The average Bonchev–Trinajstić information content (AvgIpc) is 3.34. The molecule has 1 aromatic heterocycles. The van der Waals surface area contributed by atoms with Crippen LogP contribution in [0.2, 0.25) is 0 Å². The number of carbonyl (C=O) groups is 2. The fourth-order valence-electron chi connectivity index (χ4n) is 3.25. The molecule has 0 aliphatic carbocycles. The minimum Gasteiger partial charge on any atom is -0.503 e. The van der Waals surface area contributed by atoms with E-state index in [1.807, 2.05) is 6.92 Å². The monoisotopic (exact) mass is 401 g/mol. The second-order valence-electron chi connectivity index (χ2n) is 6.31. The summed E-state index contributed by atoms with van der Waals surface area (Å²) in [5.74, 6) is -1.13. The molecule has 8 nitrogen and oxygen atoms in total. The number of aliphatic hydroxyl groups is 2. The van der Waals surface area contributed by atoms with Gasteiger partial charge in [-0.15, -0.1) is 0 Å². The Balaban J connectivity index is 1.95. The molecule has 8 heteroatoms. The second kappa shape index (κ2) is 9.40. The summed E-state index contributed by atoms with van der Waals surface area (Å²) in [5, 5.41) is 19.3. The SMILES string of the molecule is CCOc1ccc(C2C(C(=O)c3ccco3)=C(O)C(=O)N2CCOCCO)cc1. The molecule has 2 aromatic rings. The lowest BCUT2D eigenvalue weighted by Crippen LogP contribution is -2.34. The molecule has 2 N–H and O–H groups in total. The van der Waals surface area contributed by atoms with Gasteiger partial charge in [0, 0.05) is 6.54 Å². The van der Waals surface area contributed by atoms with Gasteiger partial charge in [-0.2, -0.15) is 0 Å². The number of Topliss-reactive ketones (excluding diaryl/α,β-unsaturated/α-hetero) is 1. The summed E-state index contributed by atoms with van der Waals surface area (Å²) >= 11 is 0. The molecule has 0 saturated carbocycles. The number of aliphatic hydroxyl groups excluding tert-OH is 2. The molecule has 2 heterocycles. The van der Waals surface area contributed by atoms with Crippen molar-refractivity contribution < 1.29 is 33.7 Å². The van der Waals surface area contributed by atoms with E-state index in [1.54, 1.807) is 30.3 Å². The quantitative estimate of drug-likeness (QED) is 0.464. The first-order chi connectivity index (χ1) is 14.1. The van der Waals surface area contributed by atoms with Crippen molar-refractivity contribution in [3.63, 3.8) is 0 Å². The summed E-state index contributed by atoms with van der Waals surface area (Å²) in [5.41, 5.74) is 0.596. The fraction of sp³-hybridized carbons (Fsp3) is 0.333. The Bertz CT molecular complexity index is 871. The number of rotatable bonds is 10. The molecule has 0 saturated heterocycles. The third kappa shape index (κ3) is 4.33. The fourth-order valence-corrected chi connectivity index (χ4v) is 3.25. The van der Waals surface area contributed by atoms with Crippen molar-refractivity contribution in [2.45, 2.75) is 13.0 Å². The maximum Gasteiger partial charge on any atom is 0.290 e. The lowest BCUT2D eigenvalue weighted by Gasteiger charge is -2.26. The third-order valence-corrected chi connectivity index (χ3v) is 4.51. The molecule has 1 aliphatic rings. The number of carbonyl (C=O) groups excluding carboxylic acids is 2. The first-order valence-electron chi connectivity index (χ1n) is 9.32. The summed E-state index contributed by atoms with van der Waals surface area (Å²) in [6.45, 7) is 2.66. The largest absolute Gasteiger partial charge is 0.503 e. The Kier molecular flexibility index (Phi) is 6.69. The second-order valence-corrected chi connectivity index (χ2v) is 6.31. The van der Waals surface area contributed by atoms with E-state index >= 15 is 0 Å². The van der Waals surface area contributed by atoms with Crippen LogP contribution in [0.25, 0.3) is 0 Å². The molecule has 0 spiro atoms. The van der Waals surface area contributed by atoms with E-state index in [2.05, 4.69) is 0 Å². The van der Waals surface area contributed by atoms with Gasteiger partial charge in [-0.25, -0.2) is 0 Å². The molecule has 154 valence electrons. The van der Waals surface area contributed by atoms with E-state index in [-0.39, 0.29) is 37.7 Å². The zero-order chi connectivity index (χ0) is 20.8. The van der Waals surface area contributed by atoms with E-state index in [0.717, 1.165) is 0 Å². The van der Waals surface area contributed by atoms with Gasteiger partial charge in [0.1, 0.15) is 5.75 Å².